The Balaban J connectivity index is 3.13. The van der Waals surface area contributed by atoms with Gasteiger partial charge in [-0.25, -0.2) is 0 Å². The lowest BCUT2D eigenvalue weighted by molar-refractivity contribution is -0.115. The molecule has 0 amide bonds. The lowest BCUT2D eigenvalue weighted by Crippen LogP contribution is -2.36. The molecule has 0 aliphatic heterocycles. The number of ketones is 1. The summed E-state index contributed by atoms with van der Waals surface area (Å²) in [5.41, 5.74) is 2.65. The quantitative estimate of drug-likeness (QED) is 0.509. The summed E-state index contributed by atoms with van der Waals surface area (Å²) in [5, 5.41) is 0. The van der Waals surface area contributed by atoms with Crippen molar-refractivity contribution in [3.8, 4) is 0 Å². The molecule has 1 aliphatic rings. The Bertz CT molecular complexity index is 375. The lowest BCUT2D eigenvalue weighted by atomic mass is 9.60. The van der Waals surface area contributed by atoms with Crippen LogP contribution in [0, 0.1) is 17.3 Å². The molecule has 0 N–H and O–H groups in total. The van der Waals surface area contributed by atoms with Crippen LogP contribution in [-0.4, -0.2) is 5.78 Å². The summed E-state index contributed by atoms with van der Waals surface area (Å²) in [4.78, 5) is 11.8. The summed E-state index contributed by atoms with van der Waals surface area (Å²) < 4.78 is 0. The van der Waals surface area contributed by atoms with Gasteiger partial charge in [0.2, 0.25) is 0 Å². The third kappa shape index (κ3) is 2.76. The molecule has 0 heterocycles. The first kappa shape index (κ1) is 15.2. The Morgan fingerprint density at radius 1 is 1.50 bits per heavy atom. The van der Waals surface area contributed by atoms with Gasteiger partial charge in [0, 0.05) is 12.3 Å². The number of carbonyl (C=O) groups is 1. The van der Waals surface area contributed by atoms with Gasteiger partial charge in [0.1, 0.15) is 0 Å². The molecule has 0 fully saturated rings. The van der Waals surface area contributed by atoms with Gasteiger partial charge < -0.3 is 0 Å². The fourth-order valence-corrected chi connectivity index (χ4v) is 3.10. The van der Waals surface area contributed by atoms with E-state index >= 15 is 0 Å². The lowest BCUT2D eigenvalue weighted by Gasteiger charge is -2.44. The zero-order chi connectivity index (χ0) is 13.9. The van der Waals surface area contributed by atoms with Crippen molar-refractivity contribution in [2.75, 3.05) is 0 Å². The minimum atomic E-state index is 0.277. The van der Waals surface area contributed by atoms with Crippen LogP contribution in [0.15, 0.2) is 23.3 Å². The SMILES string of the molecule is CCC(=O)/C(C)=C/C1C(C)=CCC(C)C1(C)CC. The van der Waals surface area contributed by atoms with Gasteiger partial charge in [-0.1, -0.05) is 45.4 Å². The summed E-state index contributed by atoms with van der Waals surface area (Å²) in [6.45, 7) is 13.1. The Morgan fingerprint density at radius 2 is 2.11 bits per heavy atom. The molecule has 1 heteroatoms. The Hall–Kier alpha value is -0.850. The first-order valence-corrected chi connectivity index (χ1v) is 7.25. The zero-order valence-corrected chi connectivity index (χ0v) is 12.8. The summed E-state index contributed by atoms with van der Waals surface area (Å²) in [6, 6.07) is 0. The van der Waals surface area contributed by atoms with E-state index in [-0.39, 0.29) is 11.2 Å². The molecule has 1 rings (SSSR count). The third-order valence-corrected chi connectivity index (χ3v) is 5.06. The van der Waals surface area contributed by atoms with Gasteiger partial charge in [0.15, 0.2) is 5.78 Å². The maximum absolute atomic E-state index is 11.8. The van der Waals surface area contributed by atoms with Crippen LogP contribution in [-0.2, 0) is 4.79 Å². The smallest absolute Gasteiger partial charge is 0.158 e. The highest BCUT2D eigenvalue weighted by atomic mass is 16.1. The molecule has 102 valence electrons. The maximum atomic E-state index is 11.8. The predicted octanol–water partition coefficient (Wildman–Crippen LogP) is 4.93. The molecule has 0 aromatic rings. The predicted molar refractivity (Wildman–Crippen MR) is 78.5 cm³/mol. The molecule has 0 aromatic heterocycles. The second-order valence-electron chi connectivity index (χ2n) is 6.05. The zero-order valence-electron chi connectivity index (χ0n) is 12.8. The molecule has 18 heavy (non-hydrogen) atoms. The molecule has 0 bridgehead atoms. The van der Waals surface area contributed by atoms with E-state index in [0.717, 1.165) is 12.0 Å². The second kappa shape index (κ2) is 5.86. The van der Waals surface area contributed by atoms with Crippen LogP contribution in [0.2, 0.25) is 0 Å². The van der Waals surface area contributed by atoms with Gasteiger partial charge in [-0.3, -0.25) is 4.79 Å². The minimum Gasteiger partial charge on any atom is -0.295 e. The number of hydrogen-bond donors (Lipinski definition) is 0. The van der Waals surface area contributed by atoms with E-state index in [4.69, 9.17) is 0 Å². The number of hydrogen-bond acceptors (Lipinski definition) is 1. The van der Waals surface area contributed by atoms with Crippen molar-refractivity contribution < 1.29 is 4.79 Å². The first-order valence-electron chi connectivity index (χ1n) is 7.25. The largest absolute Gasteiger partial charge is 0.295 e. The average molecular weight is 248 g/mol. The Kier molecular flexibility index (Phi) is 4.95. The van der Waals surface area contributed by atoms with Crippen molar-refractivity contribution in [2.24, 2.45) is 17.3 Å². The highest BCUT2D eigenvalue weighted by Gasteiger charge is 2.39. The van der Waals surface area contributed by atoms with E-state index in [1.807, 2.05) is 13.8 Å². The van der Waals surface area contributed by atoms with Crippen molar-refractivity contribution >= 4 is 5.78 Å². The van der Waals surface area contributed by atoms with Crippen LogP contribution in [0.4, 0.5) is 0 Å². The molecule has 3 atom stereocenters. The van der Waals surface area contributed by atoms with E-state index in [0.29, 0.717) is 18.3 Å². The highest BCUT2D eigenvalue weighted by Crippen LogP contribution is 2.48. The molecule has 1 aliphatic carbocycles. The van der Waals surface area contributed by atoms with E-state index in [1.165, 1.54) is 12.0 Å². The third-order valence-electron chi connectivity index (χ3n) is 5.06. The molecule has 0 aromatic carbocycles. The van der Waals surface area contributed by atoms with Crippen LogP contribution in [0.3, 0.4) is 0 Å². The van der Waals surface area contributed by atoms with Crippen molar-refractivity contribution in [1.29, 1.82) is 0 Å². The molecular weight excluding hydrogens is 220 g/mol. The van der Waals surface area contributed by atoms with Gasteiger partial charge in [0.25, 0.3) is 0 Å². The van der Waals surface area contributed by atoms with Gasteiger partial charge in [0.05, 0.1) is 0 Å². The summed E-state index contributed by atoms with van der Waals surface area (Å²) in [7, 11) is 0. The molecule has 0 saturated carbocycles. The maximum Gasteiger partial charge on any atom is 0.158 e. The highest BCUT2D eigenvalue weighted by molar-refractivity contribution is 5.94. The summed E-state index contributed by atoms with van der Waals surface area (Å²) in [5.74, 6) is 1.37. The van der Waals surface area contributed by atoms with Crippen LogP contribution in [0.25, 0.3) is 0 Å². The first-order chi connectivity index (χ1) is 8.36. The standard InChI is InChI=1S/C17H28O/c1-7-16(18)13(4)11-15-12(3)9-10-14(5)17(15,6)8-2/h9,11,14-15H,7-8,10H2,1-6H3/b13-11+. The number of rotatable bonds is 4. The van der Waals surface area contributed by atoms with Gasteiger partial charge in [-0.2, -0.15) is 0 Å². The average Bonchev–Trinajstić information content (AvgIpc) is 2.37. The Labute approximate surface area is 112 Å². The van der Waals surface area contributed by atoms with Gasteiger partial charge >= 0.3 is 0 Å². The van der Waals surface area contributed by atoms with Crippen molar-refractivity contribution in [1.82, 2.24) is 0 Å². The van der Waals surface area contributed by atoms with E-state index < -0.39 is 0 Å². The van der Waals surface area contributed by atoms with Crippen LogP contribution >= 0.6 is 0 Å². The van der Waals surface area contributed by atoms with E-state index in [9.17, 15) is 4.79 Å². The molecule has 0 radical (unpaired) electrons. The van der Waals surface area contributed by atoms with Crippen LogP contribution < -0.4 is 0 Å². The van der Waals surface area contributed by atoms with Crippen molar-refractivity contribution in [2.45, 2.75) is 60.8 Å². The molecule has 1 nitrogen and oxygen atoms in total. The Morgan fingerprint density at radius 3 is 2.61 bits per heavy atom. The van der Waals surface area contributed by atoms with Crippen LogP contribution in [0.5, 0.6) is 0 Å². The summed E-state index contributed by atoms with van der Waals surface area (Å²) >= 11 is 0. The van der Waals surface area contributed by atoms with E-state index in [1.54, 1.807) is 0 Å². The van der Waals surface area contributed by atoms with Crippen LogP contribution in [0.1, 0.15) is 60.8 Å². The normalized spacial score (nSPS) is 33.2. The molecular formula is C17H28O. The van der Waals surface area contributed by atoms with Gasteiger partial charge in [-0.15, -0.1) is 0 Å². The molecule has 0 saturated heterocycles. The number of Topliss-reactive ketones (excluding diaryl/α,β-unsaturated/α-hetero) is 1. The van der Waals surface area contributed by atoms with E-state index in [2.05, 4.69) is 39.8 Å². The van der Waals surface area contributed by atoms with Gasteiger partial charge in [-0.05, 0) is 43.6 Å². The fraction of sp³-hybridized carbons (Fsp3) is 0.706. The second-order valence-corrected chi connectivity index (χ2v) is 6.05. The van der Waals surface area contributed by atoms with Crippen molar-refractivity contribution in [3.63, 3.8) is 0 Å². The van der Waals surface area contributed by atoms with Crippen molar-refractivity contribution in [3.05, 3.63) is 23.3 Å². The monoisotopic (exact) mass is 248 g/mol. The molecule has 0 spiro atoms. The fourth-order valence-electron chi connectivity index (χ4n) is 3.10. The molecule has 3 unspecified atom stereocenters. The summed E-state index contributed by atoms with van der Waals surface area (Å²) in [6.07, 6.45) is 7.51. The number of carbonyl (C=O) groups excluding carboxylic acids is 1. The minimum absolute atomic E-state index is 0.277. The number of allylic oxidation sites excluding steroid dienone is 4. The topological polar surface area (TPSA) is 17.1 Å².